The second kappa shape index (κ2) is 5.99. The molecule has 110 valence electrons. The zero-order chi connectivity index (χ0) is 14.7. The molecule has 1 fully saturated rings. The normalized spacial score (nSPS) is 14.4. The molecule has 1 aromatic carbocycles. The van der Waals surface area contributed by atoms with Gasteiger partial charge in [-0.05, 0) is 19.8 Å². The van der Waals surface area contributed by atoms with E-state index >= 15 is 0 Å². The lowest BCUT2D eigenvalue weighted by molar-refractivity contribution is 0.207. The smallest absolute Gasteiger partial charge is 0.317 e. The molecule has 1 saturated heterocycles. The van der Waals surface area contributed by atoms with Crippen molar-refractivity contribution in [3.8, 4) is 11.3 Å². The van der Waals surface area contributed by atoms with E-state index < -0.39 is 0 Å². The minimum atomic E-state index is -0.0271. The Labute approximate surface area is 123 Å². The van der Waals surface area contributed by atoms with Crippen molar-refractivity contribution in [2.75, 3.05) is 13.1 Å². The summed E-state index contributed by atoms with van der Waals surface area (Å²) in [5.41, 5.74) is 3.02. The number of aryl methyl sites for hydroxylation is 1. The number of nitrogens with zero attached hydrogens (tertiary/aromatic N) is 2. The second-order valence-electron chi connectivity index (χ2n) is 5.40. The van der Waals surface area contributed by atoms with Gasteiger partial charge < -0.3 is 14.7 Å². The fourth-order valence-electron chi connectivity index (χ4n) is 2.45. The van der Waals surface area contributed by atoms with Gasteiger partial charge in [0, 0.05) is 24.7 Å². The minimum absolute atomic E-state index is 0.0271. The van der Waals surface area contributed by atoms with Crippen molar-refractivity contribution < 1.29 is 9.32 Å². The first kappa shape index (κ1) is 13.7. The molecule has 0 bridgehead atoms. The summed E-state index contributed by atoms with van der Waals surface area (Å²) in [7, 11) is 0. The summed E-state index contributed by atoms with van der Waals surface area (Å²) < 4.78 is 5.28. The highest BCUT2D eigenvalue weighted by Crippen LogP contribution is 2.19. The predicted molar refractivity (Wildman–Crippen MR) is 79.7 cm³/mol. The Balaban J connectivity index is 1.60. The van der Waals surface area contributed by atoms with Crippen LogP contribution in [0.1, 0.15) is 24.2 Å². The third-order valence-corrected chi connectivity index (χ3v) is 3.71. The topological polar surface area (TPSA) is 58.4 Å². The number of benzene rings is 1. The molecule has 1 N–H and O–H groups in total. The number of nitrogens with one attached hydrogen (secondary N) is 1. The van der Waals surface area contributed by atoms with E-state index in [9.17, 15) is 4.79 Å². The van der Waals surface area contributed by atoms with Gasteiger partial charge in [0.2, 0.25) is 0 Å². The van der Waals surface area contributed by atoms with E-state index in [1.54, 1.807) is 0 Å². The van der Waals surface area contributed by atoms with Crippen LogP contribution in [-0.2, 0) is 6.54 Å². The van der Waals surface area contributed by atoms with E-state index in [2.05, 4.69) is 10.5 Å². The van der Waals surface area contributed by atoms with Crippen molar-refractivity contribution in [1.82, 2.24) is 15.4 Å². The van der Waals surface area contributed by atoms with Gasteiger partial charge in [0.15, 0.2) is 5.76 Å². The number of amides is 2. The van der Waals surface area contributed by atoms with E-state index in [1.807, 2.05) is 42.2 Å². The van der Waals surface area contributed by atoms with Crippen LogP contribution in [-0.4, -0.2) is 29.2 Å². The molecule has 2 amide bonds. The Bertz CT molecular complexity index is 613. The lowest BCUT2D eigenvalue weighted by atomic mass is 10.1. The van der Waals surface area contributed by atoms with Crippen molar-refractivity contribution in [3.05, 3.63) is 41.7 Å². The molecule has 2 aromatic rings. The van der Waals surface area contributed by atoms with Crippen molar-refractivity contribution in [1.29, 1.82) is 0 Å². The Morgan fingerprint density at radius 3 is 2.71 bits per heavy atom. The van der Waals surface area contributed by atoms with Gasteiger partial charge in [0.05, 0.1) is 6.54 Å². The van der Waals surface area contributed by atoms with E-state index in [0.717, 1.165) is 37.2 Å². The molecule has 0 spiro atoms. The van der Waals surface area contributed by atoms with Gasteiger partial charge in [0.1, 0.15) is 5.69 Å². The average Bonchev–Trinajstić information content (AvgIpc) is 3.17. The van der Waals surface area contributed by atoms with Crippen LogP contribution < -0.4 is 5.32 Å². The maximum absolute atomic E-state index is 11.9. The summed E-state index contributed by atoms with van der Waals surface area (Å²) in [6.07, 6.45) is 2.18. The van der Waals surface area contributed by atoms with Crippen LogP contribution in [0.25, 0.3) is 11.3 Å². The zero-order valence-electron chi connectivity index (χ0n) is 12.1. The molecule has 5 heteroatoms. The highest BCUT2D eigenvalue weighted by Gasteiger charge is 2.17. The number of carbonyl (C=O) groups excluding carboxylic acids is 1. The lowest BCUT2D eigenvalue weighted by Gasteiger charge is -2.15. The monoisotopic (exact) mass is 285 g/mol. The fraction of sp³-hybridized carbons (Fsp3) is 0.375. The molecular weight excluding hydrogens is 266 g/mol. The number of hydrogen-bond donors (Lipinski definition) is 1. The fourth-order valence-corrected chi connectivity index (χ4v) is 2.45. The van der Waals surface area contributed by atoms with Gasteiger partial charge in [-0.15, -0.1) is 0 Å². The van der Waals surface area contributed by atoms with Crippen LogP contribution >= 0.6 is 0 Å². The van der Waals surface area contributed by atoms with Crippen molar-refractivity contribution in [2.45, 2.75) is 26.3 Å². The largest absolute Gasteiger partial charge is 0.359 e. The average molecular weight is 285 g/mol. The van der Waals surface area contributed by atoms with E-state index in [0.29, 0.717) is 12.3 Å². The number of likely N-dealkylation sites (tertiary alicyclic amines) is 1. The van der Waals surface area contributed by atoms with Crippen LogP contribution in [0, 0.1) is 6.92 Å². The molecule has 0 saturated carbocycles. The molecular formula is C16H19N3O2. The Morgan fingerprint density at radius 2 is 2.00 bits per heavy atom. The van der Waals surface area contributed by atoms with Crippen LogP contribution in [0.2, 0.25) is 0 Å². The number of hydrogen-bond acceptors (Lipinski definition) is 3. The summed E-state index contributed by atoms with van der Waals surface area (Å²) in [6.45, 7) is 4.10. The third kappa shape index (κ3) is 3.24. The summed E-state index contributed by atoms with van der Waals surface area (Å²) in [6, 6.07) is 9.95. The van der Waals surface area contributed by atoms with Gasteiger partial charge in [-0.2, -0.15) is 0 Å². The first-order valence-corrected chi connectivity index (χ1v) is 7.28. The van der Waals surface area contributed by atoms with Crippen LogP contribution in [0.15, 0.2) is 34.9 Å². The summed E-state index contributed by atoms with van der Waals surface area (Å²) >= 11 is 0. The molecule has 2 heterocycles. The first-order valence-electron chi connectivity index (χ1n) is 7.28. The molecule has 1 aliphatic heterocycles. The van der Waals surface area contributed by atoms with Gasteiger partial charge in [-0.1, -0.05) is 35.0 Å². The molecule has 0 aliphatic carbocycles. The van der Waals surface area contributed by atoms with Crippen molar-refractivity contribution in [3.63, 3.8) is 0 Å². The summed E-state index contributed by atoms with van der Waals surface area (Å²) in [5, 5.41) is 6.92. The van der Waals surface area contributed by atoms with Crippen LogP contribution in [0.5, 0.6) is 0 Å². The molecule has 3 rings (SSSR count). The number of rotatable bonds is 3. The van der Waals surface area contributed by atoms with Gasteiger partial charge >= 0.3 is 6.03 Å². The number of aromatic nitrogens is 1. The standard InChI is InChI=1S/C16H19N3O2/c1-12-4-6-13(7-5-12)15-10-14(21-18-15)11-17-16(20)19-8-2-3-9-19/h4-7,10H,2-3,8-9,11H2,1H3,(H,17,20). The Morgan fingerprint density at radius 1 is 1.29 bits per heavy atom. The van der Waals surface area contributed by atoms with E-state index in [4.69, 9.17) is 4.52 Å². The minimum Gasteiger partial charge on any atom is -0.359 e. The number of carbonyl (C=O) groups is 1. The predicted octanol–water partition coefficient (Wildman–Crippen LogP) is 2.96. The second-order valence-corrected chi connectivity index (χ2v) is 5.40. The Hall–Kier alpha value is -2.30. The van der Waals surface area contributed by atoms with Crippen molar-refractivity contribution >= 4 is 6.03 Å². The van der Waals surface area contributed by atoms with Gasteiger partial charge in [-0.25, -0.2) is 4.79 Å². The van der Waals surface area contributed by atoms with Crippen LogP contribution in [0.4, 0.5) is 4.79 Å². The first-order chi connectivity index (χ1) is 10.2. The van der Waals surface area contributed by atoms with Gasteiger partial charge in [0.25, 0.3) is 0 Å². The summed E-state index contributed by atoms with van der Waals surface area (Å²) in [4.78, 5) is 13.7. The third-order valence-electron chi connectivity index (χ3n) is 3.71. The zero-order valence-corrected chi connectivity index (χ0v) is 12.1. The molecule has 0 radical (unpaired) electrons. The molecule has 1 aromatic heterocycles. The highest BCUT2D eigenvalue weighted by atomic mass is 16.5. The molecule has 1 aliphatic rings. The molecule has 0 atom stereocenters. The van der Waals surface area contributed by atoms with E-state index in [1.165, 1.54) is 5.56 Å². The Kier molecular flexibility index (Phi) is 3.90. The molecule has 5 nitrogen and oxygen atoms in total. The van der Waals surface area contributed by atoms with Gasteiger partial charge in [-0.3, -0.25) is 0 Å². The lowest BCUT2D eigenvalue weighted by Crippen LogP contribution is -2.37. The number of urea groups is 1. The van der Waals surface area contributed by atoms with Crippen LogP contribution in [0.3, 0.4) is 0 Å². The summed E-state index contributed by atoms with van der Waals surface area (Å²) in [5.74, 6) is 0.665. The quantitative estimate of drug-likeness (QED) is 0.943. The molecule has 21 heavy (non-hydrogen) atoms. The maximum atomic E-state index is 11.9. The highest BCUT2D eigenvalue weighted by molar-refractivity contribution is 5.74. The maximum Gasteiger partial charge on any atom is 0.317 e. The van der Waals surface area contributed by atoms with E-state index in [-0.39, 0.29) is 6.03 Å². The van der Waals surface area contributed by atoms with Crippen molar-refractivity contribution in [2.24, 2.45) is 0 Å². The SMILES string of the molecule is Cc1ccc(-c2cc(CNC(=O)N3CCCC3)on2)cc1. The molecule has 0 unspecified atom stereocenters.